The van der Waals surface area contributed by atoms with E-state index in [4.69, 9.17) is 14.2 Å². The molecular weight excluding hydrogens is 254 g/mol. The largest absolute Gasteiger partial charge is 0.467 e. The molecule has 0 aromatic carbocycles. The quantitative estimate of drug-likeness (QED) is 0.445. The molecule has 1 rings (SSSR count). The second-order valence-corrected chi connectivity index (χ2v) is 4.36. The molecule has 0 radical (unpaired) electrons. The lowest BCUT2D eigenvalue weighted by Gasteiger charge is -2.32. The van der Waals surface area contributed by atoms with E-state index in [0.717, 1.165) is 0 Å². The predicted molar refractivity (Wildman–Crippen MR) is 66.9 cm³/mol. The molecule has 1 N–H and O–H groups in total. The van der Waals surface area contributed by atoms with Gasteiger partial charge in [-0.05, 0) is 0 Å². The van der Waals surface area contributed by atoms with Gasteiger partial charge in [0.05, 0.1) is 39.6 Å². The second-order valence-electron chi connectivity index (χ2n) is 4.36. The summed E-state index contributed by atoms with van der Waals surface area (Å²) in [6, 6.07) is 0. The monoisotopic (exact) mass is 277 g/mol. The minimum atomic E-state index is -0.590. The molecule has 0 aromatic heterocycles. The zero-order valence-electron chi connectivity index (χ0n) is 11.5. The van der Waals surface area contributed by atoms with Crippen LogP contribution in [0.1, 0.15) is 0 Å². The zero-order chi connectivity index (χ0) is 14.1. The van der Waals surface area contributed by atoms with Gasteiger partial charge in [0.1, 0.15) is 0 Å². The third-order valence-corrected chi connectivity index (χ3v) is 2.83. The fourth-order valence-electron chi connectivity index (χ4n) is 1.85. The minimum absolute atomic E-state index is 0.254. The van der Waals surface area contributed by atoms with E-state index >= 15 is 0 Å². The van der Waals surface area contributed by atoms with E-state index < -0.39 is 12.2 Å². The summed E-state index contributed by atoms with van der Waals surface area (Å²) in [5.74, 6) is -0.379. The number of hydrogen-bond donors (Lipinski definition) is 1. The maximum Gasteiger partial charge on any atom is 0.336 e. The summed E-state index contributed by atoms with van der Waals surface area (Å²) >= 11 is 0. The second kappa shape index (κ2) is 9.22. The van der Waals surface area contributed by atoms with Gasteiger partial charge in [-0.25, -0.2) is 4.79 Å². The van der Waals surface area contributed by atoms with Gasteiger partial charge in [0.25, 0.3) is 0 Å². The Kier molecular flexibility index (Phi) is 7.92. The van der Waals surface area contributed by atoms with E-state index in [1.165, 1.54) is 7.11 Å². The molecule has 19 heavy (non-hydrogen) atoms. The van der Waals surface area contributed by atoms with Crippen molar-refractivity contribution in [2.24, 2.45) is 0 Å². The number of rotatable bonds is 8. The SMILES string of the molecule is COCCOCC(O)CN1CCOC(C(=O)OC)C1. The summed E-state index contributed by atoms with van der Waals surface area (Å²) < 4.78 is 20.0. The van der Waals surface area contributed by atoms with Crippen LogP contribution >= 0.6 is 0 Å². The highest BCUT2D eigenvalue weighted by atomic mass is 16.6. The average Bonchev–Trinajstić information content (AvgIpc) is 2.43. The van der Waals surface area contributed by atoms with Crippen LogP contribution in [0, 0.1) is 0 Å². The van der Waals surface area contributed by atoms with E-state index in [0.29, 0.717) is 39.5 Å². The van der Waals surface area contributed by atoms with Crippen molar-refractivity contribution < 1.29 is 28.8 Å². The lowest BCUT2D eigenvalue weighted by atomic mass is 10.2. The van der Waals surface area contributed by atoms with Crippen molar-refractivity contribution in [1.82, 2.24) is 4.90 Å². The number of morpholine rings is 1. The number of nitrogens with zero attached hydrogens (tertiary/aromatic N) is 1. The first-order valence-corrected chi connectivity index (χ1v) is 6.34. The zero-order valence-corrected chi connectivity index (χ0v) is 11.5. The van der Waals surface area contributed by atoms with Gasteiger partial charge in [-0.3, -0.25) is 4.90 Å². The Morgan fingerprint density at radius 1 is 1.47 bits per heavy atom. The Hall–Kier alpha value is -0.730. The van der Waals surface area contributed by atoms with Crippen LogP contribution in [-0.4, -0.2) is 88.5 Å². The highest BCUT2D eigenvalue weighted by molar-refractivity contribution is 5.74. The molecule has 112 valence electrons. The number of ether oxygens (including phenoxy) is 4. The number of aliphatic hydroxyl groups is 1. The molecule has 1 fully saturated rings. The minimum Gasteiger partial charge on any atom is -0.467 e. The number of aliphatic hydroxyl groups excluding tert-OH is 1. The lowest BCUT2D eigenvalue weighted by Crippen LogP contribution is -2.49. The van der Waals surface area contributed by atoms with Gasteiger partial charge < -0.3 is 24.1 Å². The normalized spacial score (nSPS) is 22.2. The van der Waals surface area contributed by atoms with Crippen LogP contribution in [0.3, 0.4) is 0 Å². The van der Waals surface area contributed by atoms with Crippen LogP contribution in [0.5, 0.6) is 0 Å². The average molecular weight is 277 g/mol. The number of hydrogen-bond acceptors (Lipinski definition) is 7. The molecule has 2 unspecified atom stereocenters. The van der Waals surface area contributed by atoms with E-state index in [-0.39, 0.29) is 12.6 Å². The molecule has 1 saturated heterocycles. The Balaban J connectivity index is 2.22. The van der Waals surface area contributed by atoms with Crippen molar-refractivity contribution in [2.45, 2.75) is 12.2 Å². The Morgan fingerprint density at radius 2 is 2.26 bits per heavy atom. The van der Waals surface area contributed by atoms with Gasteiger partial charge in [-0.15, -0.1) is 0 Å². The van der Waals surface area contributed by atoms with Gasteiger partial charge in [0.15, 0.2) is 6.10 Å². The number of carbonyl (C=O) groups excluding carboxylic acids is 1. The molecule has 0 aromatic rings. The van der Waals surface area contributed by atoms with Gasteiger partial charge >= 0.3 is 5.97 Å². The summed E-state index contributed by atoms with van der Waals surface area (Å²) in [6.07, 6.45) is -1.16. The third kappa shape index (κ3) is 6.31. The molecule has 1 aliphatic rings. The van der Waals surface area contributed by atoms with Crippen LogP contribution in [-0.2, 0) is 23.7 Å². The van der Waals surface area contributed by atoms with E-state index in [1.807, 2.05) is 4.90 Å². The summed E-state index contributed by atoms with van der Waals surface area (Å²) in [6.45, 7) is 3.24. The number of carbonyl (C=O) groups is 1. The first-order chi connectivity index (χ1) is 9.17. The molecule has 0 bridgehead atoms. The van der Waals surface area contributed by atoms with Crippen LogP contribution in [0.15, 0.2) is 0 Å². The van der Waals surface area contributed by atoms with Crippen molar-refractivity contribution in [3.8, 4) is 0 Å². The molecule has 0 spiro atoms. The molecular formula is C12H23NO6. The van der Waals surface area contributed by atoms with Crippen molar-refractivity contribution in [3.63, 3.8) is 0 Å². The predicted octanol–water partition coefficient (Wildman–Crippen LogP) is -1.12. The van der Waals surface area contributed by atoms with Gasteiger partial charge in [-0.1, -0.05) is 0 Å². The molecule has 0 aliphatic carbocycles. The van der Waals surface area contributed by atoms with E-state index in [1.54, 1.807) is 7.11 Å². The third-order valence-electron chi connectivity index (χ3n) is 2.83. The highest BCUT2D eigenvalue weighted by Crippen LogP contribution is 2.07. The van der Waals surface area contributed by atoms with Gasteiger partial charge in [-0.2, -0.15) is 0 Å². The van der Waals surface area contributed by atoms with Gasteiger partial charge in [0.2, 0.25) is 0 Å². The molecule has 1 aliphatic heterocycles. The summed E-state index contributed by atoms with van der Waals surface area (Å²) in [5.41, 5.74) is 0. The van der Waals surface area contributed by atoms with Crippen LogP contribution in [0.4, 0.5) is 0 Å². The highest BCUT2D eigenvalue weighted by Gasteiger charge is 2.28. The fraction of sp³-hybridized carbons (Fsp3) is 0.917. The van der Waals surface area contributed by atoms with Crippen molar-refractivity contribution in [1.29, 1.82) is 0 Å². The summed E-state index contributed by atoms with van der Waals surface area (Å²) in [5, 5.41) is 9.82. The number of esters is 1. The van der Waals surface area contributed by atoms with E-state index in [9.17, 15) is 9.90 Å². The van der Waals surface area contributed by atoms with E-state index in [2.05, 4.69) is 4.74 Å². The topological polar surface area (TPSA) is 77.5 Å². The molecule has 1 heterocycles. The smallest absolute Gasteiger partial charge is 0.336 e. The molecule has 0 saturated carbocycles. The summed E-state index contributed by atoms with van der Waals surface area (Å²) in [7, 11) is 2.93. The number of β-amino-alcohol motifs (C(OH)–C–C–N with tert-alkyl or cyclic N) is 1. The lowest BCUT2D eigenvalue weighted by molar-refractivity contribution is -0.160. The van der Waals surface area contributed by atoms with Crippen LogP contribution < -0.4 is 0 Å². The Bertz CT molecular complexity index is 263. The molecule has 0 amide bonds. The molecule has 7 nitrogen and oxygen atoms in total. The first-order valence-electron chi connectivity index (χ1n) is 6.34. The Labute approximate surface area is 113 Å². The molecule has 7 heteroatoms. The van der Waals surface area contributed by atoms with Gasteiger partial charge in [0, 0.05) is 26.7 Å². The number of methoxy groups -OCH3 is 2. The maximum absolute atomic E-state index is 11.4. The van der Waals surface area contributed by atoms with Crippen LogP contribution in [0.2, 0.25) is 0 Å². The summed E-state index contributed by atoms with van der Waals surface area (Å²) in [4.78, 5) is 13.3. The maximum atomic E-state index is 11.4. The molecule has 2 atom stereocenters. The van der Waals surface area contributed by atoms with Crippen molar-refractivity contribution >= 4 is 5.97 Å². The van der Waals surface area contributed by atoms with Crippen molar-refractivity contribution in [2.75, 3.05) is 60.3 Å². The Morgan fingerprint density at radius 3 is 2.95 bits per heavy atom. The van der Waals surface area contributed by atoms with Crippen molar-refractivity contribution in [3.05, 3.63) is 0 Å². The fourth-order valence-corrected chi connectivity index (χ4v) is 1.85. The standard InChI is InChI=1S/C12H23NO6/c1-16-5-6-18-9-10(14)7-13-3-4-19-11(8-13)12(15)17-2/h10-11,14H,3-9H2,1-2H3. The first kappa shape index (κ1) is 16.3. The van der Waals surface area contributed by atoms with Crippen LogP contribution in [0.25, 0.3) is 0 Å².